The van der Waals surface area contributed by atoms with Crippen molar-refractivity contribution in [1.29, 1.82) is 0 Å². The van der Waals surface area contributed by atoms with Gasteiger partial charge >= 0.3 is 0 Å². The van der Waals surface area contributed by atoms with Crippen LogP contribution in [-0.2, 0) is 33.2 Å². The van der Waals surface area contributed by atoms with E-state index in [0.717, 1.165) is 69.8 Å². The monoisotopic (exact) mass is 686 g/mol. The SMILES string of the molecule is C=CC[C@@H]1O[C@H]2[C@H]3O[C@]4(CC[C@H]5CC(=C)[C@H](CCC6C[C@@H](C)C(=C)[C@@H](C[C@@H]7O[C@H](C[C@H](O)CO)[C@H](C)[C@H]7CC)O6)O5)C[C@H]3O[C@H]2[C@@H](O4)C1C. The second kappa shape index (κ2) is 14.7. The van der Waals surface area contributed by atoms with Crippen molar-refractivity contribution >= 4 is 0 Å². The average molecular weight is 687 g/mol. The second-order valence-corrected chi connectivity index (χ2v) is 16.6. The van der Waals surface area contributed by atoms with Crippen LogP contribution in [0.3, 0.4) is 0 Å². The maximum Gasteiger partial charge on any atom is 0.172 e. The summed E-state index contributed by atoms with van der Waals surface area (Å²) in [7, 11) is 0. The third kappa shape index (κ3) is 7.03. The van der Waals surface area contributed by atoms with Crippen LogP contribution in [0.15, 0.2) is 37.0 Å². The fourth-order valence-electron chi connectivity index (χ4n) is 10.4. The summed E-state index contributed by atoms with van der Waals surface area (Å²) in [6.45, 7) is 21.5. The first-order chi connectivity index (χ1) is 23.5. The molecule has 8 fully saturated rings. The van der Waals surface area contributed by atoms with Crippen molar-refractivity contribution in [3.63, 3.8) is 0 Å². The topological polar surface area (TPSA) is 105 Å². The Balaban J connectivity index is 0.908. The van der Waals surface area contributed by atoms with Gasteiger partial charge in [0.05, 0.1) is 67.6 Å². The molecule has 0 aliphatic carbocycles. The number of aliphatic hydroxyl groups is 2. The molecule has 0 saturated carbocycles. The Hall–Kier alpha value is -1.14. The van der Waals surface area contributed by atoms with Gasteiger partial charge < -0.3 is 43.4 Å². The molecule has 49 heavy (non-hydrogen) atoms. The van der Waals surface area contributed by atoms with Crippen LogP contribution >= 0.6 is 0 Å². The molecule has 0 amide bonds. The van der Waals surface area contributed by atoms with Crippen LogP contribution in [0.4, 0.5) is 0 Å². The van der Waals surface area contributed by atoms with Gasteiger partial charge in [0, 0.05) is 31.6 Å². The average Bonchev–Trinajstić information content (AvgIpc) is 3.74. The van der Waals surface area contributed by atoms with Crippen LogP contribution in [0.1, 0.15) is 98.3 Å². The Bertz CT molecular complexity index is 1210. The fourth-order valence-corrected chi connectivity index (χ4v) is 10.4. The Morgan fingerprint density at radius 2 is 1.61 bits per heavy atom. The molecule has 8 aliphatic heterocycles. The Morgan fingerprint density at radius 1 is 0.857 bits per heavy atom. The van der Waals surface area contributed by atoms with Gasteiger partial charge in [0.1, 0.15) is 18.3 Å². The van der Waals surface area contributed by atoms with E-state index >= 15 is 0 Å². The van der Waals surface area contributed by atoms with E-state index in [-0.39, 0.29) is 85.8 Å². The number of hydrogen-bond donors (Lipinski definition) is 2. The molecule has 8 aliphatic rings. The van der Waals surface area contributed by atoms with E-state index in [1.807, 2.05) is 6.08 Å². The quantitative estimate of drug-likeness (QED) is 0.219. The summed E-state index contributed by atoms with van der Waals surface area (Å²) in [6, 6.07) is 0. The molecule has 8 saturated heterocycles. The third-order valence-electron chi connectivity index (χ3n) is 13.4. The first-order valence-electron chi connectivity index (χ1n) is 19.4. The van der Waals surface area contributed by atoms with Crippen molar-refractivity contribution in [3.8, 4) is 0 Å². The van der Waals surface area contributed by atoms with Crippen molar-refractivity contribution in [3.05, 3.63) is 37.0 Å². The molecule has 9 heteroatoms. The predicted octanol–water partition coefficient (Wildman–Crippen LogP) is 5.80. The van der Waals surface area contributed by atoms with Crippen molar-refractivity contribution < 1.29 is 43.4 Å². The normalized spacial score (nSPS) is 49.5. The highest BCUT2D eigenvalue weighted by atomic mass is 16.8. The molecule has 0 aromatic heterocycles. The first-order valence-corrected chi connectivity index (χ1v) is 19.4. The molecule has 2 unspecified atom stereocenters. The smallest absolute Gasteiger partial charge is 0.172 e. The lowest BCUT2D eigenvalue weighted by atomic mass is 9.80. The van der Waals surface area contributed by atoms with Gasteiger partial charge in [-0.25, -0.2) is 0 Å². The summed E-state index contributed by atoms with van der Waals surface area (Å²) in [4.78, 5) is 0. The zero-order valence-corrected chi connectivity index (χ0v) is 30.3. The van der Waals surface area contributed by atoms with Gasteiger partial charge in [-0.15, -0.1) is 6.58 Å². The van der Waals surface area contributed by atoms with Crippen LogP contribution in [-0.4, -0.2) is 102 Å². The van der Waals surface area contributed by atoms with E-state index in [9.17, 15) is 10.2 Å². The van der Waals surface area contributed by atoms with Crippen LogP contribution in [0.5, 0.6) is 0 Å². The molecule has 18 atom stereocenters. The summed E-state index contributed by atoms with van der Waals surface area (Å²) >= 11 is 0. The minimum atomic E-state index is -0.747. The van der Waals surface area contributed by atoms with Crippen LogP contribution in [0, 0.1) is 23.7 Å². The van der Waals surface area contributed by atoms with E-state index in [1.54, 1.807) is 0 Å². The number of aliphatic hydroxyl groups excluding tert-OH is 2. The molecule has 0 spiro atoms. The standard InChI is InChI=1S/C40H62O9/c1-8-10-31-25(7)36-38-39(46-31)37-35(47-38)19-40(48-36,49-37)14-13-28-16-22(4)30(43-28)12-11-27-15-21(3)23(5)33(44-27)18-34-29(9-2)24(6)32(45-34)17-26(42)20-41/h8,21,24-39,41-42H,1,4-5,9-20H2,2-3,6-7H3/t21-,24-,25?,26+,27?,28+,29-,30+,31+,32-,33-,34+,35-,36+,37+,38+,39+,40-/m1/s1. The molecule has 0 aromatic rings. The van der Waals surface area contributed by atoms with Gasteiger partial charge in [-0.1, -0.05) is 53.3 Å². The van der Waals surface area contributed by atoms with E-state index in [4.69, 9.17) is 33.2 Å². The Kier molecular flexibility index (Phi) is 10.9. The minimum absolute atomic E-state index is 0.0248. The molecule has 9 nitrogen and oxygen atoms in total. The molecule has 6 bridgehead atoms. The van der Waals surface area contributed by atoms with Crippen molar-refractivity contribution in [2.24, 2.45) is 23.7 Å². The molecule has 0 aromatic carbocycles. The highest BCUT2D eigenvalue weighted by Gasteiger charge is 2.67. The summed E-state index contributed by atoms with van der Waals surface area (Å²) in [5.74, 6) is 0.644. The van der Waals surface area contributed by atoms with Crippen LogP contribution in [0.25, 0.3) is 0 Å². The van der Waals surface area contributed by atoms with Crippen molar-refractivity contribution in [2.75, 3.05) is 6.61 Å². The number of hydrogen-bond acceptors (Lipinski definition) is 9. The van der Waals surface area contributed by atoms with E-state index in [0.29, 0.717) is 24.2 Å². The zero-order chi connectivity index (χ0) is 34.6. The van der Waals surface area contributed by atoms with Gasteiger partial charge in [0.25, 0.3) is 0 Å². The van der Waals surface area contributed by atoms with E-state index in [1.165, 1.54) is 5.57 Å². The molecule has 276 valence electrons. The van der Waals surface area contributed by atoms with Gasteiger partial charge in [0.2, 0.25) is 0 Å². The molecule has 0 radical (unpaired) electrons. The summed E-state index contributed by atoms with van der Waals surface area (Å²) < 4.78 is 46.5. The Labute approximate surface area is 293 Å². The van der Waals surface area contributed by atoms with Crippen LogP contribution in [0.2, 0.25) is 0 Å². The lowest BCUT2D eigenvalue weighted by molar-refractivity contribution is -0.262. The maximum absolute atomic E-state index is 10.1. The van der Waals surface area contributed by atoms with Crippen LogP contribution < -0.4 is 0 Å². The minimum Gasteiger partial charge on any atom is -0.394 e. The summed E-state index contributed by atoms with van der Waals surface area (Å²) in [5, 5.41) is 19.5. The second-order valence-electron chi connectivity index (χ2n) is 16.6. The lowest BCUT2D eigenvalue weighted by Crippen LogP contribution is -2.54. The van der Waals surface area contributed by atoms with Gasteiger partial charge in [-0.05, 0) is 67.4 Å². The highest BCUT2D eigenvalue weighted by Crippen LogP contribution is 2.54. The molecule has 8 heterocycles. The number of rotatable bonds is 14. The summed E-state index contributed by atoms with van der Waals surface area (Å²) in [5.41, 5.74) is 2.33. The third-order valence-corrected chi connectivity index (χ3v) is 13.4. The Morgan fingerprint density at radius 3 is 2.37 bits per heavy atom. The first kappa shape index (κ1) is 36.2. The van der Waals surface area contributed by atoms with E-state index in [2.05, 4.69) is 47.4 Å². The molecule has 2 N–H and O–H groups in total. The zero-order valence-electron chi connectivity index (χ0n) is 30.3. The predicted molar refractivity (Wildman–Crippen MR) is 185 cm³/mol. The molecular weight excluding hydrogens is 624 g/mol. The molecular formula is C40H62O9. The van der Waals surface area contributed by atoms with Crippen molar-refractivity contribution in [1.82, 2.24) is 0 Å². The van der Waals surface area contributed by atoms with Gasteiger partial charge in [0.15, 0.2) is 5.79 Å². The maximum atomic E-state index is 10.1. The highest BCUT2D eigenvalue weighted by molar-refractivity contribution is 5.14. The fraction of sp³-hybridized carbons (Fsp3) is 0.850. The van der Waals surface area contributed by atoms with Gasteiger partial charge in [-0.2, -0.15) is 0 Å². The number of ether oxygens (including phenoxy) is 7. The van der Waals surface area contributed by atoms with Crippen molar-refractivity contribution in [2.45, 2.75) is 183 Å². The van der Waals surface area contributed by atoms with E-state index < -0.39 is 11.9 Å². The van der Waals surface area contributed by atoms with Gasteiger partial charge in [-0.3, -0.25) is 0 Å². The molecule has 8 rings (SSSR count). The largest absolute Gasteiger partial charge is 0.394 e. The lowest BCUT2D eigenvalue weighted by Gasteiger charge is -2.42. The summed E-state index contributed by atoms with van der Waals surface area (Å²) in [6.07, 6.45) is 10.3.